The second kappa shape index (κ2) is 6.13. The van der Waals surface area contributed by atoms with Gasteiger partial charge in [-0.15, -0.1) is 0 Å². The molecule has 2 nitrogen and oxygen atoms in total. The monoisotopic (exact) mass is 264 g/mol. The van der Waals surface area contributed by atoms with Crippen molar-refractivity contribution in [3.05, 3.63) is 0 Å². The Labute approximate surface area is 119 Å². The maximum absolute atomic E-state index is 3.71. The predicted molar refractivity (Wildman–Crippen MR) is 81.3 cm³/mol. The Morgan fingerprint density at radius 3 is 2.53 bits per heavy atom. The van der Waals surface area contributed by atoms with Crippen LogP contribution in [-0.4, -0.2) is 37.6 Å². The summed E-state index contributed by atoms with van der Waals surface area (Å²) < 4.78 is 0. The van der Waals surface area contributed by atoms with Crippen molar-refractivity contribution in [1.29, 1.82) is 0 Å². The van der Waals surface area contributed by atoms with Gasteiger partial charge in [-0.05, 0) is 75.7 Å². The standard InChI is InChI=1S/C17H32N2/c1-2-11-19-12-8-17(9-13-19)7-10-18-14-16(17)15-5-3-4-6-15/h15-16,18H,2-14H2,1H3. The van der Waals surface area contributed by atoms with Gasteiger partial charge in [-0.2, -0.15) is 0 Å². The number of likely N-dealkylation sites (tertiary alicyclic amines) is 1. The van der Waals surface area contributed by atoms with E-state index in [4.69, 9.17) is 0 Å². The molecule has 1 aliphatic carbocycles. The molecular formula is C17H32N2. The summed E-state index contributed by atoms with van der Waals surface area (Å²) in [5.74, 6) is 2.04. The van der Waals surface area contributed by atoms with E-state index in [9.17, 15) is 0 Å². The summed E-state index contributed by atoms with van der Waals surface area (Å²) in [7, 11) is 0. The third-order valence-electron chi connectivity index (χ3n) is 6.31. The molecular weight excluding hydrogens is 232 g/mol. The van der Waals surface area contributed by atoms with Crippen molar-refractivity contribution in [1.82, 2.24) is 10.2 Å². The maximum atomic E-state index is 3.71. The molecule has 2 heterocycles. The molecule has 0 bridgehead atoms. The van der Waals surface area contributed by atoms with E-state index in [1.165, 1.54) is 84.1 Å². The molecule has 3 fully saturated rings. The summed E-state index contributed by atoms with van der Waals surface area (Å²) >= 11 is 0. The molecule has 0 aromatic carbocycles. The first kappa shape index (κ1) is 13.9. The van der Waals surface area contributed by atoms with Crippen LogP contribution in [0, 0.1) is 17.3 Å². The van der Waals surface area contributed by atoms with Crippen molar-refractivity contribution in [2.45, 2.75) is 58.3 Å². The third kappa shape index (κ3) is 2.85. The molecule has 0 aromatic heterocycles. The van der Waals surface area contributed by atoms with Gasteiger partial charge in [0.05, 0.1) is 0 Å². The summed E-state index contributed by atoms with van der Waals surface area (Å²) in [6, 6.07) is 0. The van der Waals surface area contributed by atoms with Crippen LogP contribution in [0.3, 0.4) is 0 Å². The third-order valence-corrected chi connectivity index (χ3v) is 6.31. The minimum absolute atomic E-state index is 0.713. The second-order valence-electron chi connectivity index (χ2n) is 7.31. The zero-order chi connectivity index (χ0) is 13.1. The lowest BCUT2D eigenvalue weighted by atomic mass is 9.60. The van der Waals surface area contributed by atoms with Gasteiger partial charge in [0.25, 0.3) is 0 Å². The van der Waals surface area contributed by atoms with Crippen LogP contribution in [0.1, 0.15) is 58.3 Å². The summed E-state index contributed by atoms with van der Waals surface area (Å²) in [5.41, 5.74) is 0.713. The van der Waals surface area contributed by atoms with E-state index in [2.05, 4.69) is 17.1 Å². The maximum Gasteiger partial charge on any atom is -0.00125 e. The van der Waals surface area contributed by atoms with E-state index in [1.54, 1.807) is 0 Å². The normalized spacial score (nSPS) is 33.0. The highest BCUT2D eigenvalue weighted by Crippen LogP contribution is 2.50. The van der Waals surface area contributed by atoms with Crippen LogP contribution in [0.5, 0.6) is 0 Å². The Kier molecular flexibility index (Phi) is 4.48. The summed E-state index contributed by atoms with van der Waals surface area (Å²) in [5, 5.41) is 3.71. The lowest BCUT2D eigenvalue weighted by Gasteiger charge is -2.51. The minimum Gasteiger partial charge on any atom is -0.316 e. The average molecular weight is 264 g/mol. The molecule has 1 atom stereocenters. The molecule has 0 amide bonds. The van der Waals surface area contributed by atoms with Gasteiger partial charge >= 0.3 is 0 Å². The van der Waals surface area contributed by atoms with Crippen molar-refractivity contribution < 1.29 is 0 Å². The van der Waals surface area contributed by atoms with Gasteiger partial charge in [0.15, 0.2) is 0 Å². The molecule has 2 saturated heterocycles. The molecule has 3 aliphatic rings. The Morgan fingerprint density at radius 2 is 1.84 bits per heavy atom. The van der Waals surface area contributed by atoms with E-state index in [0.29, 0.717) is 5.41 Å². The lowest BCUT2D eigenvalue weighted by molar-refractivity contribution is -0.00459. The van der Waals surface area contributed by atoms with Crippen LogP contribution >= 0.6 is 0 Å². The van der Waals surface area contributed by atoms with Crippen LogP contribution < -0.4 is 5.32 Å². The number of piperidine rings is 2. The number of rotatable bonds is 3. The number of nitrogens with one attached hydrogen (secondary N) is 1. The number of nitrogens with zero attached hydrogens (tertiary/aromatic N) is 1. The average Bonchev–Trinajstić information content (AvgIpc) is 2.96. The van der Waals surface area contributed by atoms with Crippen LogP contribution in [0.4, 0.5) is 0 Å². The van der Waals surface area contributed by atoms with Crippen molar-refractivity contribution in [2.24, 2.45) is 17.3 Å². The molecule has 2 aliphatic heterocycles. The van der Waals surface area contributed by atoms with Gasteiger partial charge in [0.2, 0.25) is 0 Å². The molecule has 19 heavy (non-hydrogen) atoms. The molecule has 1 N–H and O–H groups in total. The minimum atomic E-state index is 0.713. The first-order valence-corrected chi connectivity index (χ1v) is 8.77. The van der Waals surface area contributed by atoms with Gasteiger partial charge in [0.1, 0.15) is 0 Å². The molecule has 2 heteroatoms. The zero-order valence-corrected chi connectivity index (χ0v) is 12.8. The van der Waals surface area contributed by atoms with Crippen molar-refractivity contribution in [3.8, 4) is 0 Å². The fourth-order valence-electron chi connectivity index (χ4n) is 5.18. The topological polar surface area (TPSA) is 15.3 Å². The summed E-state index contributed by atoms with van der Waals surface area (Å²) in [6.07, 6.45) is 11.8. The molecule has 3 rings (SSSR count). The molecule has 1 saturated carbocycles. The smallest absolute Gasteiger partial charge is 0.00125 e. The van der Waals surface area contributed by atoms with Gasteiger partial charge in [-0.3, -0.25) is 0 Å². The molecule has 110 valence electrons. The van der Waals surface area contributed by atoms with Crippen molar-refractivity contribution in [2.75, 3.05) is 32.7 Å². The second-order valence-corrected chi connectivity index (χ2v) is 7.31. The zero-order valence-electron chi connectivity index (χ0n) is 12.8. The Bertz CT molecular complexity index is 275. The molecule has 0 aromatic rings. The van der Waals surface area contributed by atoms with Gasteiger partial charge in [-0.25, -0.2) is 0 Å². The lowest BCUT2D eigenvalue weighted by Crippen LogP contribution is -2.53. The predicted octanol–water partition coefficient (Wildman–Crippen LogP) is 3.28. The quantitative estimate of drug-likeness (QED) is 0.841. The fourth-order valence-corrected chi connectivity index (χ4v) is 5.18. The largest absolute Gasteiger partial charge is 0.316 e. The van der Waals surface area contributed by atoms with Crippen LogP contribution in [-0.2, 0) is 0 Å². The first-order chi connectivity index (χ1) is 9.34. The van der Waals surface area contributed by atoms with E-state index in [1.807, 2.05) is 0 Å². The summed E-state index contributed by atoms with van der Waals surface area (Å²) in [4.78, 5) is 2.71. The highest BCUT2D eigenvalue weighted by atomic mass is 15.1. The van der Waals surface area contributed by atoms with Gasteiger partial charge in [-0.1, -0.05) is 32.6 Å². The highest BCUT2D eigenvalue weighted by Gasteiger charge is 2.46. The Balaban J connectivity index is 1.66. The Morgan fingerprint density at radius 1 is 1.11 bits per heavy atom. The number of hydrogen-bond donors (Lipinski definition) is 1. The van der Waals surface area contributed by atoms with Gasteiger partial charge in [0, 0.05) is 0 Å². The number of hydrogen-bond acceptors (Lipinski definition) is 2. The Hall–Kier alpha value is -0.0800. The van der Waals surface area contributed by atoms with Crippen molar-refractivity contribution in [3.63, 3.8) is 0 Å². The van der Waals surface area contributed by atoms with Crippen LogP contribution in [0.15, 0.2) is 0 Å². The van der Waals surface area contributed by atoms with E-state index in [0.717, 1.165) is 11.8 Å². The van der Waals surface area contributed by atoms with E-state index in [-0.39, 0.29) is 0 Å². The fraction of sp³-hybridized carbons (Fsp3) is 1.00. The SMILES string of the molecule is CCCN1CCC2(CCNCC2C2CCCC2)CC1. The van der Waals surface area contributed by atoms with E-state index >= 15 is 0 Å². The first-order valence-electron chi connectivity index (χ1n) is 8.77. The van der Waals surface area contributed by atoms with Crippen LogP contribution in [0.25, 0.3) is 0 Å². The molecule has 0 radical (unpaired) electrons. The molecule has 1 unspecified atom stereocenters. The van der Waals surface area contributed by atoms with Crippen LogP contribution in [0.2, 0.25) is 0 Å². The molecule has 1 spiro atoms. The van der Waals surface area contributed by atoms with Gasteiger partial charge < -0.3 is 10.2 Å². The summed E-state index contributed by atoms with van der Waals surface area (Å²) in [6.45, 7) is 8.97. The van der Waals surface area contributed by atoms with E-state index < -0.39 is 0 Å². The van der Waals surface area contributed by atoms with Crippen molar-refractivity contribution >= 4 is 0 Å². The highest BCUT2D eigenvalue weighted by molar-refractivity contribution is 4.98.